The molecule has 0 N–H and O–H groups in total. The minimum Gasteiger partial charge on any atom is -0.469 e. The average molecular weight is 270 g/mol. The van der Waals surface area contributed by atoms with Crippen LogP contribution in [0, 0.1) is 11.8 Å². The maximum Gasteiger partial charge on any atom is 0.310 e. The van der Waals surface area contributed by atoms with E-state index in [4.69, 9.17) is 4.74 Å². The van der Waals surface area contributed by atoms with E-state index in [2.05, 4.69) is 22.9 Å². The number of esters is 1. The van der Waals surface area contributed by atoms with Crippen LogP contribution >= 0.6 is 0 Å². The van der Waals surface area contributed by atoms with Gasteiger partial charge in [-0.2, -0.15) is 0 Å². The van der Waals surface area contributed by atoms with Crippen molar-refractivity contribution >= 4 is 22.6 Å². The monoisotopic (exact) mass is 270 g/mol. The normalized spacial score (nSPS) is 22.2. The molecule has 3 rings (SSSR count). The summed E-state index contributed by atoms with van der Waals surface area (Å²) < 4.78 is 4.90. The van der Waals surface area contributed by atoms with Crippen molar-refractivity contribution in [2.45, 2.75) is 6.92 Å². The van der Waals surface area contributed by atoms with E-state index in [9.17, 15) is 4.79 Å². The summed E-state index contributed by atoms with van der Waals surface area (Å²) in [6.07, 6.45) is 1.83. The second kappa shape index (κ2) is 5.12. The second-order valence-electron chi connectivity index (χ2n) is 5.36. The van der Waals surface area contributed by atoms with Crippen LogP contribution in [0.4, 0.5) is 5.69 Å². The summed E-state index contributed by atoms with van der Waals surface area (Å²) >= 11 is 0. The topological polar surface area (TPSA) is 42.4 Å². The lowest BCUT2D eigenvalue weighted by Gasteiger charge is -2.20. The highest BCUT2D eigenvalue weighted by Gasteiger charge is 2.36. The molecule has 0 aliphatic carbocycles. The number of ether oxygens (including phenoxy) is 1. The van der Waals surface area contributed by atoms with E-state index < -0.39 is 0 Å². The summed E-state index contributed by atoms with van der Waals surface area (Å²) in [7, 11) is 1.46. The Kier molecular flexibility index (Phi) is 3.30. The summed E-state index contributed by atoms with van der Waals surface area (Å²) in [5.41, 5.74) is 2.13. The van der Waals surface area contributed by atoms with Crippen molar-refractivity contribution in [3.63, 3.8) is 0 Å². The summed E-state index contributed by atoms with van der Waals surface area (Å²) in [6, 6.07) is 10.1. The summed E-state index contributed by atoms with van der Waals surface area (Å²) in [5, 5.41) is 1.13. The van der Waals surface area contributed by atoms with Crippen LogP contribution in [-0.4, -0.2) is 31.2 Å². The third kappa shape index (κ3) is 2.11. The van der Waals surface area contributed by atoms with Crippen molar-refractivity contribution in [3.05, 3.63) is 36.5 Å². The van der Waals surface area contributed by atoms with Gasteiger partial charge in [0.2, 0.25) is 0 Å². The molecule has 2 aromatic rings. The Balaban J connectivity index is 1.95. The minimum atomic E-state index is -0.113. The third-order valence-electron chi connectivity index (χ3n) is 4.08. The third-order valence-corrected chi connectivity index (χ3v) is 4.08. The molecule has 1 aromatic carbocycles. The molecule has 4 heteroatoms. The highest BCUT2D eigenvalue weighted by Crippen LogP contribution is 2.32. The zero-order chi connectivity index (χ0) is 14.1. The van der Waals surface area contributed by atoms with Crippen molar-refractivity contribution in [1.29, 1.82) is 0 Å². The molecule has 1 saturated heterocycles. The highest BCUT2D eigenvalue weighted by molar-refractivity contribution is 5.92. The molecule has 0 amide bonds. The fraction of sp³-hybridized carbons (Fsp3) is 0.375. The molecule has 20 heavy (non-hydrogen) atoms. The number of aromatic nitrogens is 1. The number of benzene rings is 1. The molecule has 0 spiro atoms. The Labute approximate surface area is 118 Å². The van der Waals surface area contributed by atoms with E-state index in [1.54, 1.807) is 0 Å². The summed E-state index contributed by atoms with van der Waals surface area (Å²) in [4.78, 5) is 18.4. The first-order chi connectivity index (χ1) is 9.70. The number of methoxy groups -OCH3 is 1. The molecule has 0 saturated carbocycles. The maximum atomic E-state index is 11.8. The van der Waals surface area contributed by atoms with Gasteiger partial charge in [-0.3, -0.25) is 9.78 Å². The summed E-state index contributed by atoms with van der Waals surface area (Å²) in [5.74, 6) is 0.139. The predicted octanol–water partition coefficient (Wildman–Crippen LogP) is 2.48. The van der Waals surface area contributed by atoms with Gasteiger partial charge in [-0.25, -0.2) is 0 Å². The Morgan fingerprint density at radius 1 is 1.30 bits per heavy atom. The maximum absolute atomic E-state index is 11.8. The van der Waals surface area contributed by atoms with Gasteiger partial charge in [0.15, 0.2) is 0 Å². The molecule has 1 fully saturated rings. The van der Waals surface area contributed by atoms with Gasteiger partial charge in [-0.05, 0) is 18.1 Å². The number of hydrogen-bond acceptors (Lipinski definition) is 4. The number of anilines is 1. The predicted molar refractivity (Wildman–Crippen MR) is 78.6 cm³/mol. The van der Waals surface area contributed by atoms with Crippen molar-refractivity contribution in [2.24, 2.45) is 11.8 Å². The van der Waals surface area contributed by atoms with Gasteiger partial charge in [0.25, 0.3) is 0 Å². The van der Waals surface area contributed by atoms with E-state index in [1.165, 1.54) is 7.11 Å². The van der Waals surface area contributed by atoms with Crippen LogP contribution in [0.15, 0.2) is 36.5 Å². The van der Waals surface area contributed by atoms with Crippen molar-refractivity contribution < 1.29 is 9.53 Å². The first-order valence-corrected chi connectivity index (χ1v) is 6.87. The lowest BCUT2D eigenvalue weighted by Crippen LogP contribution is -2.24. The van der Waals surface area contributed by atoms with Gasteiger partial charge < -0.3 is 9.64 Å². The van der Waals surface area contributed by atoms with Crippen LogP contribution in [0.1, 0.15) is 6.92 Å². The largest absolute Gasteiger partial charge is 0.469 e. The molecule has 4 nitrogen and oxygen atoms in total. The lowest BCUT2D eigenvalue weighted by atomic mass is 9.99. The van der Waals surface area contributed by atoms with Crippen molar-refractivity contribution in [2.75, 3.05) is 25.1 Å². The van der Waals surface area contributed by atoms with Crippen molar-refractivity contribution in [1.82, 2.24) is 4.98 Å². The zero-order valence-corrected chi connectivity index (χ0v) is 11.7. The molecular formula is C16H18N2O2. The fourth-order valence-electron chi connectivity index (χ4n) is 2.98. The molecule has 0 radical (unpaired) electrons. The van der Waals surface area contributed by atoms with Crippen LogP contribution in [-0.2, 0) is 9.53 Å². The van der Waals surface area contributed by atoms with E-state index in [-0.39, 0.29) is 11.9 Å². The molecule has 2 unspecified atom stereocenters. The Bertz CT molecular complexity index is 636. The molecule has 104 valence electrons. The van der Waals surface area contributed by atoms with Crippen LogP contribution in [0.25, 0.3) is 10.9 Å². The Morgan fingerprint density at radius 3 is 2.90 bits per heavy atom. The number of carbonyl (C=O) groups is 1. The first kappa shape index (κ1) is 12.9. The SMILES string of the molecule is COC(=O)C1CN(c2ccnc3ccccc23)CC1C. The van der Waals surface area contributed by atoms with Crippen molar-refractivity contribution in [3.8, 4) is 0 Å². The number of para-hydroxylation sites is 1. The van der Waals surface area contributed by atoms with Crippen LogP contribution in [0.5, 0.6) is 0 Å². The van der Waals surface area contributed by atoms with E-state index in [1.807, 2.05) is 30.5 Å². The van der Waals surface area contributed by atoms with Gasteiger partial charge >= 0.3 is 5.97 Å². The molecule has 0 bridgehead atoms. The second-order valence-corrected chi connectivity index (χ2v) is 5.36. The van der Waals surface area contributed by atoms with Crippen LogP contribution in [0.2, 0.25) is 0 Å². The van der Waals surface area contributed by atoms with Crippen LogP contribution < -0.4 is 4.90 Å². The molecule has 1 aliphatic rings. The first-order valence-electron chi connectivity index (χ1n) is 6.87. The quantitative estimate of drug-likeness (QED) is 0.786. The lowest BCUT2D eigenvalue weighted by molar-refractivity contribution is -0.145. The number of pyridine rings is 1. The standard InChI is InChI=1S/C16H18N2O2/c1-11-9-18(10-13(11)16(19)20-2)15-7-8-17-14-6-4-3-5-12(14)15/h3-8,11,13H,9-10H2,1-2H3. The Hall–Kier alpha value is -2.10. The Morgan fingerprint density at radius 2 is 2.10 bits per heavy atom. The summed E-state index contributed by atoms with van der Waals surface area (Å²) in [6.45, 7) is 3.68. The van der Waals surface area contributed by atoms with Gasteiger partial charge in [-0.1, -0.05) is 25.1 Å². The van der Waals surface area contributed by atoms with Gasteiger partial charge in [0, 0.05) is 30.4 Å². The number of carbonyl (C=O) groups excluding carboxylic acids is 1. The van der Waals surface area contributed by atoms with Crippen LogP contribution in [0.3, 0.4) is 0 Å². The molecule has 2 heterocycles. The van der Waals surface area contributed by atoms with E-state index in [0.29, 0.717) is 12.5 Å². The zero-order valence-electron chi connectivity index (χ0n) is 11.7. The number of hydrogen-bond donors (Lipinski definition) is 0. The van der Waals surface area contributed by atoms with E-state index >= 15 is 0 Å². The smallest absolute Gasteiger partial charge is 0.310 e. The minimum absolute atomic E-state index is 0.0491. The van der Waals surface area contributed by atoms with E-state index in [0.717, 1.165) is 23.1 Å². The molecule has 1 aliphatic heterocycles. The number of fused-ring (bicyclic) bond motifs is 1. The fourth-order valence-corrected chi connectivity index (χ4v) is 2.98. The molecule has 1 aromatic heterocycles. The number of rotatable bonds is 2. The van der Waals surface area contributed by atoms with Gasteiger partial charge in [0.05, 0.1) is 18.5 Å². The molecule has 2 atom stereocenters. The van der Waals surface area contributed by atoms with Gasteiger partial charge in [0.1, 0.15) is 0 Å². The van der Waals surface area contributed by atoms with Gasteiger partial charge in [-0.15, -0.1) is 0 Å². The average Bonchev–Trinajstić information content (AvgIpc) is 2.87. The highest BCUT2D eigenvalue weighted by atomic mass is 16.5. The molecular weight excluding hydrogens is 252 g/mol. The number of nitrogens with zero attached hydrogens (tertiary/aromatic N) is 2.